The van der Waals surface area contributed by atoms with Crippen LogP contribution in [-0.4, -0.2) is 39.0 Å². The van der Waals surface area contributed by atoms with E-state index >= 15 is 0 Å². The van der Waals surface area contributed by atoms with Crippen LogP contribution >= 0.6 is 11.8 Å². The molecule has 6 heteroatoms. The summed E-state index contributed by atoms with van der Waals surface area (Å²) in [7, 11) is 3.17. The minimum absolute atomic E-state index is 0.0557. The molecular formula is C16H20N2O3S. The number of carbonyl (C=O) groups excluding carboxylic acids is 1. The molecule has 0 aliphatic carbocycles. The van der Waals surface area contributed by atoms with Gasteiger partial charge in [0.1, 0.15) is 17.4 Å². The van der Waals surface area contributed by atoms with E-state index in [1.165, 1.54) is 0 Å². The van der Waals surface area contributed by atoms with Crippen molar-refractivity contribution in [3.8, 4) is 11.8 Å². The summed E-state index contributed by atoms with van der Waals surface area (Å²) in [5.74, 6) is 0.356. The molecule has 0 bridgehead atoms. The zero-order valence-electron chi connectivity index (χ0n) is 13.2. The molecule has 0 aliphatic heterocycles. The Balaban J connectivity index is 2.97. The van der Waals surface area contributed by atoms with E-state index in [2.05, 4.69) is 5.32 Å². The van der Waals surface area contributed by atoms with Crippen LogP contribution in [-0.2, 0) is 9.53 Å². The average Bonchev–Trinajstić information content (AvgIpc) is 2.52. The zero-order chi connectivity index (χ0) is 16.5. The monoisotopic (exact) mass is 320 g/mol. The number of thioether (sulfide) groups is 1. The number of nitriles is 1. The van der Waals surface area contributed by atoms with E-state index in [1.807, 2.05) is 37.4 Å². The highest BCUT2D eigenvalue weighted by atomic mass is 32.2. The molecule has 22 heavy (non-hydrogen) atoms. The van der Waals surface area contributed by atoms with Gasteiger partial charge in [0.2, 0.25) is 0 Å². The van der Waals surface area contributed by atoms with Crippen molar-refractivity contribution in [2.75, 3.05) is 27.1 Å². The van der Waals surface area contributed by atoms with Crippen LogP contribution in [0.4, 0.5) is 0 Å². The van der Waals surface area contributed by atoms with Crippen molar-refractivity contribution in [2.24, 2.45) is 0 Å². The Morgan fingerprint density at radius 3 is 2.77 bits per heavy atom. The molecule has 1 aromatic rings. The van der Waals surface area contributed by atoms with E-state index in [1.54, 1.807) is 32.1 Å². The number of nitrogens with one attached hydrogen (secondary N) is 1. The van der Waals surface area contributed by atoms with Crippen LogP contribution in [0.3, 0.4) is 0 Å². The summed E-state index contributed by atoms with van der Waals surface area (Å²) < 4.78 is 10.2. The first kappa shape index (κ1) is 18.1. The van der Waals surface area contributed by atoms with Gasteiger partial charge in [0.05, 0.1) is 13.7 Å². The lowest BCUT2D eigenvalue weighted by Crippen LogP contribution is -2.36. The molecule has 1 rings (SSSR count). The van der Waals surface area contributed by atoms with Crippen LogP contribution in [0, 0.1) is 11.3 Å². The topological polar surface area (TPSA) is 71.3 Å². The summed E-state index contributed by atoms with van der Waals surface area (Å²) >= 11 is 1.54. The molecule has 1 amide bonds. The molecule has 0 radical (unpaired) electrons. The minimum atomic E-state index is -0.409. The van der Waals surface area contributed by atoms with E-state index in [4.69, 9.17) is 9.47 Å². The number of amides is 1. The number of nitrogens with zero attached hydrogens (tertiary/aromatic N) is 1. The Kier molecular flexibility index (Phi) is 7.50. The summed E-state index contributed by atoms with van der Waals surface area (Å²) in [5.41, 5.74) is 0.830. The summed E-state index contributed by atoms with van der Waals surface area (Å²) in [6.07, 6.45) is 3.50. The van der Waals surface area contributed by atoms with E-state index in [0.717, 1.165) is 16.2 Å². The van der Waals surface area contributed by atoms with Gasteiger partial charge in [0.25, 0.3) is 5.91 Å². The second-order valence-corrected chi connectivity index (χ2v) is 5.46. The van der Waals surface area contributed by atoms with Gasteiger partial charge in [-0.05, 0) is 37.0 Å². The lowest BCUT2D eigenvalue weighted by molar-refractivity contribution is -0.117. The Morgan fingerprint density at radius 1 is 1.50 bits per heavy atom. The molecule has 0 fully saturated rings. The van der Waals surface area contributed by atoms with Crippen molar-refractivity contribution in [1.29, 1.82) is 5.26 Å². The largest absolute Gasteiger partial charge is 0.496 e. The first-order chi connectivity index (χ1) is 10.5. The average molecular weight is 320 g/mol. The fraction of sp³-hybridized carbons (Fsp3) is 0.375. The van der Waals surface area contributed by atoms with Crippen molar-refractivity contribution >= 4 is 23.7 Å². The van der Waals surface area contributed by atoms with Gasteiger partial charge in [-0.3, -0.25) is 4.79 Å². The molecule has 1 aromatic carbocycles. The molecule has 5 nitrogen and oxygen atoms in total. The molecule has 0 aromatic heterocycles. The minimum Gasteiger partial charge on any atom is -0.496 e. The first-order valence-corrected chi connectivity index (χ1v) is 7.91. The maximum atomic E-state index is 12.1. The molecule has 0 spiro atoms. The van der Waals surface area contributed by atoms with Gasteiger partial charge in [-0.25, -0.2) is 0 Å². The highest BCUT2D eigenvalue weighted by Gasteiger charge is 2.12. The molecule has 0 saturated carbocycles. The summed E-state index contributed by atoms with van der Waals surface area (Å²) in [6.45, 7) is 2.21. The van der Waals surface area contributed by atoms with E-state index in [0.29, 0.717) is 6.61 Å². The number of hydrogen-bond donors (Lipinski definition) is 1. The van der Waals surface area contributed by atoms with Gasteiger partial charge in [-0.2, -0.15) is 5.26 Å². The van der Waals surface area contributed by atoms with Crippen LogP contribution in [0.15, 0.2) is 28.7 Å². The molecule has 0 aliphatic rings. The smallest absolute Gasteiger partial charge is 0.262 e. The second kappa shape index (κ2) is 9.13. The van der Waals surface area contributed by atoms with Crippen molar-refractivity contribution in [3.05, 3.63) is 29.3 Å². The van der Waals surface area contributed by atoms with Gasteiger partial charge >= 0.3 is 0 Å². The third-order valence-corrected chi connectivity index (χ3v) is 3.64. The Labute approximate surface area is 135 Å². The summed E-state index contributed by atoms with van der Waals surface area (Å²) in [6, 6.07) is 7.28. The Hall–Kier alpha value is -1.97. The molecule has 0 unspecified atom stereocenters. The SMILES string of the molecule is COC[C@@H](C)NC(=O)/C(C#N)=C/c1ccc(OC)c(SC)c1. The third-order valence-electron chi connectivity index (χ3n) is 2.88. The predicted octanol–water partition coefficient (Wildman–Crippen LogP) is 2.48. The lowest BCUT2D eigenvalue weighted by atomic mass is 10.1. The van der Waals surface area contributed by atoms with Gasteiger partial charge in [-0.1, -0.05) is 6.07 Å². The fourth-order valence-corrected chi connectivity index (χ4v) is 2.46. The highest BCUT2D eigenvalue weighted by molar-refractivity contribution is 7.98. The van der Waals surface area contributed by atoms with Crippen molar-refractivity contribution in [2.45, 2.75) is 17.9 Å². The van der Waals surface area contributed by atoms with Crippen LogP contribution in [0.2, 0.25) is 0 Å². The van der Waals surface area contributed by atoms with Crippen molar-refractivity contribution < 1.29 is 14.3 Å². The number of methoxy groups -OCH3 is 2. The molecule has 118 valence electrons. The predicted molar refractivity (Wildman–Crippen MR) is 87.8 cm³/mol. The summed E-state index contributed by atoms with van der Waals surface area (Å²) in [4.78, 5) is 13.0. The van der Waals surface area contributed by atoms with Crippen LogP contribution in [0.25, 0.3) is 6.08 Å². The number of rotatable bonds is 7. The number of carbonyl (C=O) groups is 1. The lowest BCUT2D eigenvalue weighted by Gasteiger charge is -2.12. The highest BCUT2D eigenvalue weighted by Crippen LogP contribution is 2.29. The Bertz CT molecular complexity index is 594. The van der Waals surface area contributed by atoms with Crippen LogP contribution in [0.1, 0.15) is 12.5 Å². The van der Waals surface area contributed by atoms with Gasteiger partial charge in [-0.15, -0.1) is 11.8 Å². The van der Waals surface area contributed by atoms with Gasteiger partial charge < -0.3 is 14.8 Å². The zero-order valence-corrected chi connectivity index (χ0v) is 14.0. The fourth-order valence-electron chi connectivity index (χ4n) is 1.85. The van der Waals surface area contributed by atoms with E-state index in [-0.39, 0.29) is 11.6 Å². The van der Waals surface area contributed by atoms with Crippen LogP contribution < -0.4 is 10.1 Å². The van der Waals surface area contributed by atoms with Gasteiger partial charge in [0, 0.05) is 18.0 Å². The third kappa shape index (κ3) is 5.10. The van der Waals surface area contributed by atoms with Crippen LogP contribution in [0.5, 0.6) is 5.75 Å². The number of ether oxygens (including phenoxy) is 2. The number of benzene rings is 1. The van der Waals surface area contributed by atoms with Gasteiger partial charge in [0.15, 0.2) is 0 Å². The maximum Gasteiger partial charge on any atom is 0.262 e. The standard InChI is InChI=1S/C16H20N2O3S/c1-11(10-20-2)18-16(19)13(9-17)7-12-5-6-14(21-3)15(8-12)22-4/h5-8,11H,10H2,1-4H3,(H,18,19)/b13-7+/t11-/m1/s1. The molecule has 1 N–H and O–H groups in total. The van der Waals surface area contributed by atoms with E-state index in [9.17, 15) is 10.1 Å². The quantitative estimate of drug-likeness (QED) is 0.475. The first-order valence-electron chi connectivity index (χ1n) is 6.69. The van der Waals surface area contributed by atoms with E-state index < -0.39 is 5.91 Å². The van der Waals surface area contributed by atoms with Crippen molar-refractivity contribution in [3.63, 3.8) is 0 Å². The second-order valence-electron chi connectivity index (χ2n) is 4.61. The molecule has 0 saturated heterocycles. The molecule has 0 heterocycles. The summed E-state index contributed by atoms with van der Waals surface area (Å²) in [5, 5.41) is 11.9. The number of hydrogen-bond acceptors (Lipinski definition) is 5. The normalized spacial score (nSPS) is 12.4. The van der Waals surface area contributed by atoms with Crippen molar-refractivity contribution in [1.82, 2.24) is 5.32 Å². The molecular weight excluding hydrogens is 300 g/mol. The molecule has 1 atom stereocenters. The maximum absolute atomic E-state index is 12.1. The Morgan fingerprint density at radius 2 is 2.23 bits per heavy atom.